The Bertz CT molecular complexity index is 368. The number of hydrogen-bond donors (Lipinski definition) is 2. The minimum atomic E-state index is -0.177. The number of aryl methyl sites for hydroxylation is 1. The normalized spacial score (nSPS) is 16.6. The first-order chi connectivity index (χ1) is 7.65. The molecule has 0 spiro atoms. The maximum atomic E-state index is 11.7. The predicted molar refractivity (Wildman–Crippen MR) is 65.4 cm³/mol. The monoisotopic (exact) mass is 218 g/mol. The van der Waals surface area contributed by atoms with Crippen molar-refractivity contribution in [1.82, 2.24) is 5.32 Å². The second-order valence-electron chi connectivity index (χ2n) is 4.51. The van der Waals surface area contributed by atoms with Crippen molar-refractivity contribution in [2.24, 2.45) is 0 Å². The lowest BCUT2D eigenvalue weighted by Crippen LogP contribution is -2.38. The van der Waals surface area contributed by atoms with Crippen LogP contribution in [0.3, 0.4) is 0 Å². The highest BCUT2D eigenvalue weighted by atomic mass is 16.2. The van der Waals surface area contributed by atoms with Crippen molar-refractivity contribution >= 4 is 11.6 Å². The van der Waals surface area contributed by atoms with E-state index >= 15 is 0 Å². The van der Waals surface area contributed by atoms with Crippen molar-refractivity contribution < 1.29 is 4.79 Å². The Morgan fingerprint density at radius 1 is 1.31 bits per heavy atom. The third-order valence-electron chi connectivity index (χ3n) is 2.75. The fourth-order valence-corrected chi connectivity index (χ4v) is 1.52. The van der Waals surface area contributed by atoms with Gasteiger partial charge in [0.05, 0.1) is 0 Å². The summed E-state index contributed by atoms with van der Waals surface area (Å²) in [6.07, 6.45) is 2.26. The number of hydrogen-bond acceptors (Lipinski definition) is 2. The standard InChI is InChI=1S/C13H18N2O/c1-9-3-5-11(6-4-9)14-10(2)13(16)15-12-7-8-12/h3-6,10,12,14H,7-8H2,1-2H3,(H,15,16). The van der Waals surface area contributed by atoms with Crippen LogP contribution in [0.5, 0.6) is 0 Å². The maximum absolute atomic E-state index is 11.7. The topological polar surface area (TPSA) is 41.1 Å². The summed E-state index contributed by atoms with van der Waals surface area (Å²) in [5.41, 5.74) is 2.21. The number of nitrogens with one attached hydrogen (secondary N) is 2. The third kappa shape index (κ3) is 2.99. The number of benzene rings is 1. The first-order valence-electron chi connectivity index (χ1n) is 5.79. The summed E-state index contributed by atoms with van der Waals surface area (Å²) in [7, 11) is 0. The highest BCUT2D eigenvalue weighted by Crippen LogP contribution is 2.19. The zero-order valence-electron chi connectivity index (χ0n) is 9.79. The van der Waals surface area contributed by atoms with Crippen LogP contribution in [0.25, 0.3) is 0 Å². The van der Waals surface area contributed by atoms with E-state index in [2.05, 4.69) is 10.6 Å². The van der Waals surface area contributed by atoms with Gasteiger partial charge in [0.25, 0.3) is 0 Å². The van der Waals surface area contributed by atoms with Gasteiger partial charge in [-0.3, -0.25) is 4.79 Å². The summed E-state index contributed by atoms with van der Waals surface area (Å²) >= 11 is 0. The Labute approximate surface area is 96.2 Å². The number of anilines is 1. The first kappa shape index (κ1) is 11.0. The van der Waals surface area contributed by atoms with E-state index < -0.39 is 0 Å². The number of amides is 1. The molecule has 16 heavy (non-hydrogen) atoms. The molecule has 1 fully saturated rings. The summed E-state index contributed by atoms with van der Waals surface area (Å²) in [6.45, 7) is 3.94. The van der Waals surface area contributed by atoms with Gasteiger partial charge in [-0.1, -0.05) is 17.7 Å². The molecule has 3 nitrogen and oxygen atoms in total. The molecule has 1 unspecified atom stereocenters. The Hall–Kier alpha value is -1.51. The van der Waals surface area contributed by atoms with E-state index in [1.54, 1.807) is 0 Å². The van der Waals surface area contributed by atoms with Crippen LogP contribution >= 0.6 is 0 Å². The van der Waals surface area contributed by atoms with E-state index in [0.717, 1.165) is 18.5 Å². The van der Waals surface area contributed by atoms with Crippen molar-refractivity contribution in [3.63, 3.8) is 0 Å². The van der Waals surface area contributed by atoms with Gasteiger partial charge >= 0.3 is 0 Å². The Morgan fingerprint density at radius 2 is 1.94 bits per heavy atom. The van der Waals surface area contributed by atoms with Crippen LogP contribution < -0.4 is 10.6 Å². The Kier molecular flexibility index (Phi) is 3.13. The molecule has 1 aliphatic carbocycles. The van der Waals surface area contributed by atoms with Gasteiger partial charge in [-0.25, -0.2) is 0 Å². The van der Waals surface area contributed by atoms with Gasteiger partial charge in [0.2, 0.25) is 5.91 Å². The lowest BCUT2D eigenvalue weighted by Gasteiger charge is -2.15. The number of carbonyl (C=O) groups excluding carboxylic acids is 1. The molecule has 1 aliphatic rings. The predicted octanol–water partition coefficient (Wildman–Crippen LogP) is 2.07. The molecule has 1 aromatic rings. The molecule has 1 amide bonds. The molecule has 86 valence electrons. The molecular weight excluding hydrogens is 200 g/mol. The molecule has 1 aromatic carbocycles. The molecule has 0 bridgehead atoms. The number of rotatable bonds is 4. The molecule has 1 atom stereocenters. The fraction of sp³-hybridized carbons (Fsp3) is 0.462. The lowest BCUT2D eigenvalue weighted by molar-refractivity contribution is -0.121. The summed E-state index contributed by atoms with van der Waals surface area (Å²) in [4.78, 5) is 11.7. The van der Waals surface area contributed by atoms with Gasteiger partial charge in [-0.05, 0) is 38.8 Å². The molecule has 0 aromatic heterocycles. The molecule has 0 radical (unpaired) electrons. The fourth-order valence-electron chi connectivity index (χ4n) is 1.52. The summed E-state index contributed by atoms with van der Waals surface area (Å²) in [5, 5.41) is 6.17. The Morgan fingerprint density at radius 3 is 2.50 bits per heavy atom. The van der Waals surface area contributed by atoms with Crippen molar-refractivity contribution in [2.45, 2.75) is 38.8 Å². The molecule has 2 rings (SSSR count). The van der Waals surface area contributed by atoms with Crippen molar-refractivity contribution in [2.75, 3.05) is 5.32 Å². The van der Waals surface area contributed by atoms with E-state index in [1.807, 2.05) is 38.1 Å². The molecule has 3 heteroatoms. The molecule has 1 saturated carbocycles. The Balaban J connectivity index is 1.87. The van der Waals surface area contributed by atoms with Crippen molar-refractivity contribution in [1.29, 1.82) is 0 Å². The van der Waals surface area contributed by atoms with Crippen LogP contribution in [-0.4, -0.2) is 18.0 Å². The van der Waals surface area contributed by atoms with Crippen LogP contribution in [0.1, 0.15) is 25.3 Å². The van der Waals surface area contributed by atoms with E-state index in [0.29, 0.717) is 6.04 Å². The molecule has 0 aliphatic heterocycles. The molecular formula is C13H18N2O. The van der Waals surface area contributed by atoms with E-state index in [9.17, 15) is 4.79 Å². The second-order valence-corrected chi connectivity index (χ2v) is 4.51. The van der Waals surface area contributed by atoms with Gasteiger partial charge in [0.15, 0.2) is 0 Å². The summed E-state index contributed by atoms with van der Waals surface area (Å²) in [5.74, 6) is 0.0862. The van der Waals surface area contributed by atoms with Crippen LogP contribution in [-0.2, 0) is 4.79 Å². The largest absolute Gasteiger partial charge is 0.374 e. The van der Waals surface area contributed by atoms with Crippen molar-refractivity contribution in [3.8, 4) is 0 Å². The van der Waals surface area contributed by atoms with E-state index in [4.69, 9.17) is 0 Å². The SMILES string of the molecule is Cc1ccc(NC(C)C(=O)NC2CC2)cc1. The zero-order chi connectivity index (χ0) is 11.5. The first-order valence-corrected chi connectivity index (χ1v) is 5.79. The minimum absolute atomic E-state index is 0.0862. The summed E-state index contributed by atoms with van der Waals surface area (Å²) in [6, 6.07) is 8.31. The quantitative estimate of drug-likeness (QED) is 0.812. The highest BCUT2D eigenvalue weighted by molar-refractivity contribution is 5.84. The minimum Gasteiger partial charge on any atom is -0.374 e. The van der Waals surface area contributed by atoms with E-state index in [-0.39, 0.29) is 11.9 Å². The van der Waals surface area contributed by atoms with Crippen LogP contribution in [0.2, 0.25) is 0 Å². The smallest absolute Gasteiger partial charge is 0.242 e. The zero-order valence-corrected chi connectivity index (χ0v) is 9.79. The average molecular weight is 218 g/mol. The lowest BCUT2D eigenvalue weighted by atomic mass is 10.2. The second kappa shape index (κ2) is 4.56. The number of carbonyl (C=O) groups is 1. The van der Waals surface area contributed by atoms with Crippen LogP contribution in [0.4, 0.5) is 5.69 Å². The molecule has 2 N–H and O–H groups in total. The van der Waals surface area contributed by atoms with Gasteiger partial charge in [-0.2, -0.15) is 0 Å². The molecule has 0 saturated heterocycles. The van der Waals surface area contributed by atoms with Crippen molar-refractivity contribution in [3.05, 3.63) is 29.8 Å². The van der Waals surface area contributed by atoms with E-state index in [1.165, 1.54) is 5.56 Å². The van der Waals surface area contributed by atoms with Gasteiger partial charge in [0.1, 0.15) is 6.04 Å². The maximum Gasteiger partial charge on any atom is 0.242 e. The average Bonchev–Trinajstić information content (AvgIpc) is 3.05. The van der Waals surface area contributed by atoms with Crippen LogP contribution in [0, 0.1) is 6.92 Å². The molecule has 0 heterocycles. The third-order valence-corrected chi connectivity index (χ3v) is 2.75. The van der Waals surface area contributed by atoms with Crippen LogP contribution in [0.15, 0.2) is 24.3 Å². The summed E-state index contributed by atoms with van der Waals surface area (Å²) < 4.78 is 0. The van der Waals surface area contributed by atoms with Gasteiger partial charge in [0, 0.05) is 11.7 Å². The highest BCUT2D eigenvalue weighted by Gasteiger charge is 2.25. The van der Waals surface area contributed by atoms with Gasteiger partial charge in [-0.15, -0.1) is 0 Å². The van der Waals surface area contributed by atoms with Gasteiger partial charge < -0.3 is 10.6 Å².